The summed E-state index contributed by atoms with van der Waals surface area (Å²) in [5.74, 6) is -0.715. The number of carbonyl (C=O) groups excluding carboxylic acids is 2. The molecule has 0 N–H and O–H groups in total. The van der Waals surface area contributed by atoms with E-state index in [1.165, 1.54) is 61.1 Å². The van der Waals surface area contributed by atoms with Gasteiger partial charge in [-0.3, -0.25) is 13.8 Å². The van der Waals surface area contributed by atoms with E-state index in [0.29, 0.717) is 12.6 Å². The molecule has 1 unspecified atom stereocenters. The summed E-state index contributed by atoms with van der Waals surface area (Å²) in [4.78, 5) is 31.5. The quantitative estimate of drug-likeness (QED) is 0.149. The van der Waals surface area contributed by atoms with Crippen molar-refractivity contribution in [3.8, 4) is 0 Å². The molecular formula is C23H17FN3NaO6S2. The molecule has 9 nitrogen and oxygen atoms in total. The Balaban J connectivity index is 0.000000291. The second-order valence-electron chi connectivity index (χ2n) is 6.24. The van der Waals surface area contributed by atoms with Crippen LogP contribution in [-0.2, 0) is 20.9 Å². The Labute approximate surface area is 231 Å². The summed E-state index contributed by atoms with van der Waals surface area (Å²) in [6.07, 6.45) is 5.00. The summed E-state index contributed by atoms with van der Waals surface area (Å²) >= 11 is -2.19. The number of pyridine rings is 3. The number of hydrogen-bond acceptors (Lipinski definition) is 9. The minimum Gasteiger partial charge on any atom is -0.767 e. The van der Waals surface area contributed by atoms with Crippen LogP contribution in [-0.4, -0.2) is 44.7 Å². The van der Waals surface area contributed by atoms with Gasteiger partial charge in [0.2, 0.25) is 15.8 Å². The van der Waals surface area contributed by atoms with Crippen LogP contribution in [0, 0.1) is 5.95 Å². The molecule has 1 atom stereocenters. The van der Waals surface area contributed by atoms with Gasteiger partial charge in [-0.15, -0.1) is 0 Å². The predicted molar refractivity (Wildman–Crippen MR) is 123 cm³/mol. The standard InChI is InChI=1S/C12H9NO3S.C6H4FNO.C5H5NO2S.Na/c14-9-10-5-4-8-13-12(10)17(15,16)11-6-2-1-3-7-11;7-6-5(4-9)2-1-3-8-6;7-9(8)5-3-1-2-4-6-5;/h1-9H;1-4H;1-4H,(H,7,8);/q;;;+1/p-1. The van der Waals surface area contributed by atoms with Gasteiger partial charge in [-0.05, 0) is 59.6 Å². The number of sulfone groups is 1. The van der Waals surface area contributed by atoms with E-state index < -0.39 is 26.9 Å². The first-order valence-corrected chi connectivity index (χ1v) is 12.1. The van der Waals surface area contributed by atoms with Crippen molar-refractivity contribution in [1.29, 1.82) is 0 Å². The van der Waals surface area contributed by atoms with Crippen molar-refractivity contribution in [2.24, 2.45) is 0 Å². The molecule has 0 aliphatic rings. The van der Waals surface area contributed by atoms with Crippen LogP contribution >= 0.6 is 0 Å². The van der Waals surface area contributed by atoms with E-state index in [1.807, 2.05) is 0 Å². The molecule has 36 heavy (non-hydrogen) atoms. The molecule has 0 radical (unpaired) electrons. The average Bonchev–Trinajstić information content (AvgIpc) is 2.90. The zero-order valence-electron chi connectivity index (χ0n) is 18.8. The first-order chi connectivity index (χ1) is 16.8. The summed E-state index contributed by atoms with van der Waals surface area (Å²) in [5, 5.41) is -0.126. The number of nitrogens with zero attached hydrogens (tertiary/aromatic N) is 3. The molecule has 1 aromatic carbocycles. The Morgan fingerprint density at radius 1 is 0.750 bits per heavy atom. The summed E-state index contributed by atoms with van der Waals surface area (Å²) < 4.78 is 56.9. The van der Waals surface area contributed by atoms with E-state index in [9.17, 15) is 31.2 Å². The summed E-state index contributed by atoms with van der Waals surface area (Å²) in [6, 6.07) is 18.4. The molecule has 3 aromatic heterocycles. The van der Waals surface area contributed by atoms with Crippen molar-refractivity contribution in [1.82, 2.24) is 15.0 Å². The fraction of sp³-hybridized carbons (Fsp3) is 0. The molecule has 0 spiro atoms. The fourth-order valence-corrected chi connectivity index (χ4v) is 4.06. The van der Waals surface area contributed by atoms with Gasteiger partial charge in [0.05, 0.1) is 16.0 Å². The molecule has 0 bridgehead atoms. The molecule has 0 aliphatic carbocycles. The Bertz CT molecular complexity index is 1400. The Hall–Kier alpha value is -3.00. The predicted octanol–water partition coefficient (Wildman–Crippen LogP) is 0.0837. The van der Waals surface area contributed by atoms with Gasteiger partial charge < -0.3 is 4.55 Å². The molecule has 0 saturated carbocycles. The number of carbonyl (C=O) groups is 2. The van der Waals surface area contributed by atoms with Gasteiger partial charge in [-0.1, -0.05) is 24.3 Å². The maximum Gasteiger partial charge on any atom is 1.00 e. The van der Waals surface area contributed by atoms with Crippen molar-refractivity contribution < 1.29 is 60.7 Å². The van der Waals surface area contributed by atoms with E-state index in [-0.39, 0.29) is 55.6 Å². The Morgan fingerprint density at radius 2 is 1.31 bits per heavy atom. The van der Waals surface area contributed by atoms with Gasteiger partial charge in [0, 0.05) is 18.6 Å². The molecule has 0 aliphatic heterocycles. The first-order valence-electron chi connectivity index (χ1n) is 9.57. The fourth-order valence-electron chi connectivity index (χ4n) is 2.36. The summed E-state index contributed by atoms with van der Waals surface area (Å²) in [6.45, 7) is 0. The zero-order chi connectivity index (χ0) is 25.7. The van der Waals surface area contributed by atoms with Gasteiger partial charge in [0.15, 0.2) is 17.6 Å². The van der Waals surface area contributed by atoms with Crippen LogP contribution in [0.25, 0.3) is 0 Å². The van der Waals surface area contributed by atoms with Crippen molar-refractivity contribution in [3.63, 3.8) is 0 Å². The number of aromatic nitrogens is 3. The molecule has 0 amide bonds. The van der Waals surface area contributed by atoms with E-state index in [4.69, 9.17) is 0 Å². The summed E-state index contributed by atoms with van der Waals surface area (Å²) in [7, 11) is -3.72. The van der Waals surface area contributed by atoms with Crippen LogP contribution in [0.15, 0.2) is 106 Å². The second kappa shape index (κ2) is 15.9. The molecular weight excluding hydrogens is 520 g/mol. The minimum atomic E-state index is -3.72. The van der Waals surface area contributed by atoms with Gasteiger partial charge in [-0.25, -0.2) is 23.4 Å². The molecule has 180 valence electrons. The van der Waals surface area contributed by atoms with Crippen molar-refractivity contribution in [2.45, 2.75) is 14.9 Å². The topological polar surface area (TPSA) is 147 Å². The van der Waals surface area contributed by atoms with E-state index in [1.54, 1.807) is 30.3 Å². The van der Waals surface area contributed by atoms with Gasteiger partial charge in [-0.2, -0.15) is 4.39 Å². The summed E-state index contributed by atoms with van der Waals surface area (Å²) in [5.41, 5.74) is 0.0638. The minimum absolute atomic E-state index is 0. The maximum atomic E-state index is 12.2. The van der Waals surface area contributed by atoms with Gasteiger partial charge in [0.1, 0.15) is 5.03 Å². The third-order valence-electron chi connectivity index (χ3n) is 3.96. The Kier molecular flexibility index (Phi) is 13.7. The number of aldehydes is 2. The molecule has 4 rings (SSSR count). The normalized spacial score (nSPS) is 10.7. The third kappa shape index (κ3) is 9.22. The molecule has 0 fully saturated rings. The second-order valence-corrected chi connectivity index (χ2v) is 8.99. The number of benzene rings is 1. The zero-order valence-corrected chi connectivity index (χ0v) is 22.4. The smallest absolute Gasteiger partial charge is 0.767 e. The van der Waals surface area contributed by atoms with E-state index >= 15 is 0 Å². The van der Waals surface area contributed by atoms with E-state index in [0.717, 1.165) is 0 Å². The van der Waals surface area contributed by atoms with Crippen LogP contribution in [0.4, 0.5) is 4.39 Å². The van der Waals surface area contributed by atoms with Crippen molar-refractivity contribution in [2.75, 3.05) is 0 Å². The van der Waals surface area contributed by atoms with Crippen LogP contribution in [0.5, 0.6) is 0 Å². The van der Waals surface area contributed by atoms with Crippen LogP contribution in [0.3, 0.4) is 0 Å². The van der Waals surface area contributed by atoms with Crippen LogP contribution in [0.2, 0.25) is 0 Å². The SMILES string of the molecule is O=Cc1cccnc1F.O=Cc1cccnc1S(=O)(=O)c1ccccc1.O=S([O-])c1ccccn1.[Na+]. The first kappa shape index (κ1) is 31.0. The van der Waals surface area contributed by atoms with Crippen LogP contribution in [0.1, 0.15) is 20.7 Å². The van der Waals surface area contributed by atoms with Crippen molar-refractivity contribution in [3.05, 3.63) is 108 Å². The third-order valence-corrected chi connectivity index (χ3v) is 6.29. The molecule has 13 heteroatoms. The molecule has 0 saturated heterocycles. The monoisotopic (exact) mass is 537 g/mol. The maximum absolute atomic E-state index is 12.2. The van der Waals surface area contributed by atoms with Gasteiger partial charge in [0.25, 0.3) is 0 Å². The number of hydrogen-bond donors (Lipinski definition) is 0. The van der Waals surface area contributed by atoms with E-state index in [2.05, 4.69) is 15.0 Å². The largest absolute Gasteiger partial charge is 1.00 e. The Morgan fingerprint density at radius 3 is 1.78 bits per heavy atom. The average molecular weight is 538 g/mol. The molecule has 4 aromatic rings. The van der Waals surface area contributed by atoms with Crippen LogP contribution < -0.4 is 29.6 Å². The molecule has 3 heterocycles. The number of rotatable bonds is 5. The van der Waals surface area contributed by atoms with Crippen molar-refractivity contribution >= 4 is 33.5 Å². The number of halogens is 1. The van der Waals surface area contributed by atoms with Gasteiger partial charge >= 0.3 is 29.6 Å².